The monoisotopic (exact) mass is 242 g/mol. The molecule has 3 rings (SSSR count). The molecule has 3 heteroatoms. The second-order valence-corrected chi connectivity index (χ2v) is 4.40. The van der Waals surface area contributed by atoms with Crippen molar-refractivity contribution in [2.24, 2.45) is 0 Å². The fourth-order valence-electron chi connectivity index (χ4n) is 2.07. The number of imidazole rings is 1. The predicted molar refractivity (Wildman–Crippen MR) is 70.8 cm³/mol. The van der Waals surface area contributed by atoms with Crippen LogP contribution in [0, 0.1) is 6.92 Å². The van der Waals surface area contributed by atoms with Crippen molar-refractivity contribution in [3.8, 4) is 5.69 Å². The van der Waals surface area contributed by atoms with Crippen molar-refractivity contribution >= 4 is 22.6 Å². The molecule has 0 spiro atoms. The first kappa shape index (κ1) is 10.4. The fraction of sp³-hybridized carbons (Fsp3) is 0.0714. The van der Waals surface area contributed by atoms with Gasteiger partial charge in [-0.1, -0.05) is 29.8 Å². The van der Waals surface area contributed by atoms with E-state index in [1.54, 1.807) is 0 Å². The first-order chi connectivity index (χ1) is 8.25. The van der Waals surface area contributed by atoms with Gasteiger partial charge in [-0.15, -0.1) is 0 Å². The van der Waals surface area contributed by atoms with Gasteiger partial charge in [0.2, 0.25) is 0 Å². The lowest BCUT2D eigenvalue weighted by Gasteiger charge is -2.06. The summed E-state index contributed by atoms with van der Waals surface area (Å²) in [5, 5.41) is 0.731. The summed E-state index contributed by atoms with van der Waals surface area (Å²) in [6.07, 6.45) is 0. The third-order valence-electron chi connectivity index (χ3n) is 2.80. The lowest BCUT2D eigenvalue weighted by atomic mass is 10.3. The summed E-state index contributed by atoms with van der Waals surface area (Å²) in [5.74, 6) is 0.966. The molecule has 17 heavy (non-hydrogen) atoms. The van der Waals surface area contributed by atoms with Gasteiger partial charge in [-0.25, -0.2) is 4.98 Å². The maximum atomic E-state index is 6.05. The normalized spacial score (nSPS) is 10.9. The predicted octanol–water partition coefficient (Wildman–Crippen LogP) is 3.99. The molecule has 0 saturated heterocycles. The number of hydrogen-bond acceptors (Lipinski definition) is 1. The van der Waals surface area contributed by atoms with Crippen molar-refractivity contribution in [2.45, 2.75) is 6.92 Å². The van der Waals surface area contributed by atoms with Crippen LogP contribution in [0.5, 0.6) is 0 Å². The van der Waals surface area contributed by atoms with Crippen molar-refractivity contribution in [3.63, 3.8) is 0 Å². The summed E-state index contributed by atoms with van der Waals surface area (Å²) in [5.41, 5.74) is 3.12. The standard InChI is InChI=1S/C14H11ClN2/c1-10-16-13-8-7-11(15)9-14(13)17(10)12-5-3-2-4-6-12/h2-9H,1H3. The largest absolute Gasteiger partial charge is 0.296 e. The Labute approximate surface area is 104 Å². The molecule has 2 aromatic carbocycles. The van der Waals surface area contributed by atoms with Crippen LogP contribution < -0.4 is 0 Å². The van der Waals surface area contributed by atoms with Crippen LogP contribution in [-0.4, -0.2) is 9.55 Å². The molecule has 0 fully saturated rings. The second kappa shape index (κ2) is 3.90. The zero-order valence-corrected chi connectivity index (χ0v) is 10.1. The van der Waals surface area contributed by atoms with E-state index in [0.717, 1.165) is 27.6 Å². The molecule has 0 aliphatic rings. The molecular formula is C14H11ClN2. The number of para-hydroxylation sites is 1. The van der Waals surface area contributed by atoms with Gasteiger partial charge >= 0.3 is 0 Å². The molecule has 1 aromatic heterocycles. The van der Waals surface area contributed by atoms with Crippen LogP contribution >= 0.6 is 11.6 Å². The average Bonchev–Trinajstić information content (AvgIpc) is 2.65. The molecule has 3 aromatic rings. The van der Waals surface area contributed by atoms with Gasteiger partial charge in [0.1, 0.15) is 5.82 Å². The first-order valence-corrected chi connectivity index (χ1v) is 5.83. The molecule has 84 valence electrons. The molecule has 0 bridgehead atoms. The van der Waals surface area contributed by atoms with Gasteiger partial charge in [0, 0.05) is 10.7 Å². The van der Waals surface area contributed by atoms with E-state index in [2.05, 4.69) is 21.7 Å². The van der Waals surface area contributed by atoms with Gasteiger partial charge in [0.05, 0.1) is 11.0 Å². The Balaban J connectivity index is 2.35. The molecule has 0 aliphatic heterocycles. The third kappa shape index (κ3) is 1.71. The van der Waals surface area contributed by atoms with E-state index < -0.39 is 0 Å². The Morgan fingerprint density at radius 1 is 1.06 bits per heavy atom. The SMILES string of the molecule is Cc1nc2ccc(Cl)cc2n1-c1ccccc1. The smallest absolute Gasteiger partial charge is 0.111 e. The highest BCUT2D eigenvalue weighted by atomic mass is 35.5. The number of nitrogens with zero attached hydrogens (tertiary/aromatic N) is 2. The lowest BCUT2D eigenvalue weighted by Crippen LogP contribution is -1.95. The number of hydrogen-bond donors (Lipinski definition) is 0. The van der Waals surface area contributed by atoms with Crippen molar-refractivity contribution in [1.29, 1.82) is 0 Å². The maximum Gasteiger partial charge on any atom is 0.111 e. The van der Waals surface area contributed by atoms with E-state index in [9.17, 15) is 0 Å². The van der Waals surface area contributed by atoms with Gasteiger partial charge in [-0.2, -0.15) is 0 Å². The van der Waals surface area contributed by atoms with Gasteiger partial charge in [-0.3, -0.25) is 4.57 Å². The van der Waals surface area contributed by atoms with Gasteiger partial charge in [0.15, 0.2) is 0 Å². The van der Waals surface area contributed by atoms with Crippen LogP contribution in [0.15, 0.2) is 48.5 Å². The van der Waals surface area contributed by atoms with Crippen LogP contribution in [0.4, 0.5) is 0 Å². The summed E-state index contributed by atoms with van der Waals surface area (Å²) in [6, 6.07) is 15.9. The number of fused-ring (bicyclic) bond motifs is 1. The molecule has 0 N–H and O–H groups in total. The summed E-state index contributed by atoms with van der Waals surface area (Å²) in [7, 11) is 0. The van der Waals surface area contributed by atoms with Crippen LogP contribution in [0.3, 0.4) is 0 Å². The minimum Gasteiger partial charge on any atom is -0.296 e. The van der Waals surface area contributed by atoms with E-state index in [-0.39, 0.29) is 0 Å². The maximum absolute atomic E-state index is 6.05. The van der Waals surface area contributed by atoms with Gasteiger partial charge < -0.3 is 0 Å². The number of aromatic nitrogens is 2. The number of aryl methyl sites for hydroxylation is 1. The Kier molecular flexibility index (Phi) is 2.37. The average molecular weight is 243 g/mol. The number of halogens is 1. The molecule has 1 heterocycles. The van der Waals surface area contributed by atoms with Crippen LogP contribution in [0.2, 0.25) is 5.02 Å². The third-order valence-corrected chi connectivity index (χ3v) is 3.03. The zero-order valence-electron chi connectivity index (χ0n) is 9.39. The molecule has 0 unspecified atom stereocenters. The van der Waals surface area contributed by atoms with E-state index in [1.807, 2.05) is 43.3 Å². The fourth-order valence-corrected chi connectivity index (χ4v) is 2.24. The van der Waals surface area contributed by atoms with E-state index in [1.165, 1.54) is 0 Å². The minimum atomic E-state index is 0.731. The number of benzene rings is 2. The Bertz CT molecular complexity index is 671. The van der Waals surface area contributed by atoms with E-state index in [0.29, 0.717) is 0 Å². The highest BCUT2D eigenvalue weighted by molar-refractivity contribution is 6.31. The summed E-state index contributed by atoms with van der Waals surface area (Å²) < 4.78 is 2.11. The first-order valence-electron chi connectivity index (χ1n) is 5.46. The van der Waals surface area contributed by atoms with Crippen LogP contribution in [0.25, 0.3) is 16.7 Å². The van der Waals surface area contributed by atoms with Crippen LogP contribution in [0.1, 0.15) is 5.82 Å². The highest BCUT2D eigenvalue weighted by Crippen LogP contribution is 2.23. The molecule has 0 saturated carbocycles. The Morgan fingerprint density at radius 2 is 1.82 bits per heavy atom. The van der Waals surface area contributed by atoms with E-state index in [4.69, 9.17) is 11.6 Å². The second-order valence-electron chi connectivity index (χ2n) is 3.96. The summed E-state index contributed by atoms with van der Waals surface area (Å²) in [6.45, 7) is 2.00. The molecule has 0 radical (unpaired) electrons. The number of rotatable bonds is 1. The minimum absolute atomic E-state index is 0.731. The van der Waals surface area contributed by atoms with Crippen molar-refractivity contribution < 1.29 is 0 Å². The topological polar surface area (TPSA) is 17.8 Å². The Hall–Kier alpha value is -1.80. The summed E-state index contributed by atoms with van der Waals surface area (Å²) in [4.78, 5) is 4.53. The summed E-state index contributed by atoms with van der Waals surface area (Å²) >= 11 is 6.05. The van der Waals surface area contributed by atoms with E-state index >= 15 is 0 Å². The van der Waals surface area contributed by atoms with Crippen molar-refractivity contribution in [1.82, 2.24) is 9.55 Å². The Morgan fingerprint density at radius 3 is 2.59 bits per heavy atom. The highest BCUT2D eigenvalue weighted by Gasteiger charge is 2.08. The molecular weight excluding hydrogens is 232 g/mol. The van der Waals surface area contributed by atoms with Crippen molar-refractivity contribution in [3.05, 3.63) is 59.4 Å². The van der Waals surface area contributed by atoms with Crippen LogP contribution in [-0.2, 0) is 0 Å². The lowest BCUT2D eigenvalue weighted by molar-refractivity contribution is 1.00. The van der Waals surface area contributed by atoms with Gasteiger partial charge in [-0.05, 0) is 37.3 Å². The molecule has 2 nitrogen and oxygen atoms in total. The molecule has 0 atom stereocenters. The quantitative estimate of drug-likeness (QED) is 0.631. The molecule has 0 aliphatic carbocycles. The van der Waals surface area contributed by atoms with Gasteiger partial charge in [0.25, 0.3) is 0 Å². The van der Waals surface area contributed by atoms with Crippen molar-refractivity contribution in [2.75, 3.05) is 0 Å². The molecule has 0 amide bonds. The zero-order chi connectivity index (χ0) is 11.8.